The molecule has 1 rings (SSSR count). The van der Waals surface area contributed by atoms with Crippen molar-refractivity contribution in [3.05, 3.63) is 21.7 Å². The fourth-order valence-electron chi connectivity index (χ4n) is 1.42. The first-order valence-corrected chi connectivity index (χ1v) is 5.55. The van der Waals surface area contributed by atoms with E-state index in [9.17, 15) is 4.79 Å². The Balaban J connectivity index is 2.76. The largest absolute Gasteiger partial charge is 0.383 e. The molecule has 1 unspecified atom stereocenters. The third-order valence-electron chi connectivity index (χ3n) is 2.14. The van der Waals surface area contributed by atoms with Crippen LogP contribution in [0.1, 0.15) is 19.8 Å². The predicted octanol–water partition coefficient (Wildman–Crippen LogP) is 1.65. The number of hydrogen-bond donors (Lipinski definition) is 2. The van der Waals surface area contributed by atoms with E-state index in [0.29, 0.717) is 12.4 Å². The van der Waals surface area contributed by atoms with E-state index in [4.69, 9.17) is 16.3 Å². The lowest BCUT2D eigenvalue weighted by Crippen LogP contribution is -2.26. The smallest absolute Gasteiger partial charge is 0.271 e. The van der Waals surface area contributed by atoms with Gasteiger partial charge in [-0.25, -0.2) is 4.98 Å². The molecule has 16 heavy (non-hydrogen) atoms. The van der Waals surface area contributed by atoms with Crippen molar-refractivity contribution in [1.29, 1.82) is 0 Å². The highest BCUT2D eigenvalue weighted by atomic mass is 35.5. The summed E-state index contributed by atoms with van der Waals surface area (Å²) in [6.45, 7) is 2.63. The molecule has 0 aromatic carbocycles. The van der Waals surface area contributed by atoms with Gasteiger partial charge in [-0.2, -0.15) is 0 Å². The maximum Gasteiger partial charge on any atom is 0.271 e. The van der Waals surface area contributed by atoms with E-state index in [0.717, 1.165) is 12.8 Å². The zero-order valence-corrected chi connectivity index (χ0v) is 10.2. The Hall–Kier alpha value is -1.07. The number of hydrogen-bond acceptors (Lipinski definition) is 4. The summed E-state index contributed by atoms with van der Waals surface area (Å²) in [6.07, 6.45) is 3.27. The topological polar surface area (TPSA) is 67.0 Å². The third-order valence-corrected chi connectivity index (χ3v) is 2.49. The Morgan fingerprint density at radius 2 is 2.44 bits per heavy atom. The molecule has 90 valence electrons. The number of nitrogens with one attached hydrogen (secondary N) is 2. The minimum Gasteiger partial charge on any atom is -0.383 e. The highest BCUT2D eigenvalue weighted by Gasteiger charge is 2.11. The van der Waals surface area contributed by atoms with Crippen LogP contribution in [0.15, 0.2) is 11.1 Å². The molecule has 6 heteroatoms. The van der Waals surface area contributed by atoms with E-state index in [1.54, 1.807) is 7.11 Å². The predicted molar refractivity (Wildman–Crippen MR) is 64.1 cm³/mol. The fourth-order valence-corrected chi connectivity index (χ4v) is 1.58. The molecule has 0 radical (unpaired) electrons. The number of rotatable bonds is 6. The Morgan fingerprint density at radius 3 is 3.06 bits per heavy atom. The lowest BCUT2D eigenvalue weighted by molar-refractivity contribution is 0.182. The summed E-state index contributed by atoms with van der Waals surface area (Å²) >= 11 is 5.83. The van der Waals surface area contributed by atoms with Crippen molar-refractivity contribution in [3.63, 3.8) is 0 Å². The number of ether oxygens (including phenoxy) is 1. The van der Waals surface area contributed by atoms with Crippen molar-refractivity contribution >= 4 is 17.4 Å². The highest BCUT2D eigenvalue weighted by molar-refractivity contribution is 6.32. The number of aromatic nitrogens is 2. The van der Waals surface area contributed by atoms with Gasteiger partial charge in [-0.1, -0.05) is 24.9 Å². The van der Waals surface area contributed by atoms with Crippen LogP contribution < -0.4 is 10.9 Å². The van der Waals surface area contributed by atoms with Crippen molar-refractivity contribution in [2.24, 2.45) is 0 Å². The number of H-pyrrole nitrogens is 1. The molecule has 0 aliphatic carbocycles. The van der Waals surface area contributed by atoms with E-state index in [-0.39, 0.29) is 16.6 Å². The second-order valence-electron chi connectivity index (χ2n) is 3.48. The standard InChI is InChI=1S/C10H16ClN3O2/c1-3-4-7(5-16-2)14-9-8(11)10(15)13-6-12-9/h6-7H,3-5H2,1-2H3,(H2,12,13,14,15). The average Bonchev–Trinajstić information content (AvgIpc) is 2.25. The number of methoxy groups -OCH3 is 1. The summed E-state index contributed by atoms with van der Waals surface area (Å²) in [4.78, 5) is 17.6. The molecular formula is C10H16ClN3O2. The highest BCUT2D eigenvalue weighted by Crippen LogP contribution is 2.14. The summed E-state index contributed by atoms with van der Waals surface area (Å²) in [5, 5.41) is 3.18. The molecule has 0 bridgehead atoms. The number of aromatic amines is 1. The minimum absolute atomic E-state index is 0.0831. The van der Waals surface area contributed by atoms with Gasteiger partial charge in [0.1, 0.15) is 5.02 Å². The summed E-state index contributed by atoms with van der Waals surface area (Å²) in [5.74, 6) is 0.404. The van der Waals surface area contributed by atoms with Gasteiger partial charge in [0.2, 0.25) is 0 Å². The van der Waals surface area contributed by atoms with Crippen molar-refractivity contribution in [1.82, 2.24) is 9.97 Å². The molecule has 0 saturated carbocycles. The molecule has 0 amide bonds. The molecule has 1 heterocycles. The lowest BCUT2D eigenvalue weighted by atomic mass is 10.2. The Bertz CT molecular complexity index is 375. The van der Waals surface area contributed by atoms with Crippen LogP contribution in [0, 0.1) is 0 Å². The van der Waals surface area contributed by atoms with Crippen molar-refractivity contribution in [2.45, 2.75) is 25.8 Å². The Morgan fingerprint density at radius 1 is 1.69 bits per heavy atom. The van der Waals surface area contributed by atoms with Crippen LogP contribution in [-0.4, -0.2) is 29.7 Å². The van der Waals surface area contributed by atoms with Crippen LogP contribution in [-0.2, 0) is 4.74 Å². The zero-order chi connectivity index (χ0) is 12.0. The molecule has 2 N–H and O–H groups in total. The summed E-state index contributed by atoms with van der Waals surface area (Å²) in [6, 6.07) is 0.113. The van der Waals surface area contributed by atoms with Crippen LogP contribution in [0.5, 0.6) is 0 Å². The quantitative estimate of drug-likeness (QED) is 0.800. The summed E-state index contributed by atoms with van der Waals surface area (Å²) < 4.78 is 5.08. The summed E-state index contributed by atoms with van der Waals surface area (Å²) in [5.41, 5.74) is -0.341. The second kappa shape index (κ2) is 6.50. The van der Waals surface area contributed by atoms with Crippen LogP contribution in [0.25, 0.3) is 0 Å². The third kappa shape index (κ3) is 3.50. The minimum atomic E-state index is -0.341. The first-order valence-electron chi connectivity index (χ1n) is 5.17. The fraction of sp³-hybridized carbons (Fsp3) is 0.600. The van der Waals surface area contributed by atoms with Gasteiger partial charge < -0.3 is 15.0 Å². The van der Waals surface area contributed by atoms with E-state index >= 15 is 0 Å². The Kier molecular flexibility index (Phi) is 5.28. The van der Waals surface area contributed by atoms with E-state index in [1.165, 1.54) is 6.33 Å². The first-order chi connectivity index (χ1) is 7.69. The van der Waals surface area contributed by atoms with Gasteiger partial charge in [0, 0.05) is 7.11 Å². The normalized spacial score (nSPS) is 12.4. The molecule has 1 atom stereocenters. The van der Waals surface area contributed by atoms with Gasteiger partial charge in [-0.15, -0.1) is 0 Å². The summed E-state index contributed by atoms with van der Waals surface area (Å²) in [7, 11) is 1.64. The van der Waals surface area contributed by atoms with E-state index < -0.39 is 0 Å². The first kappa shape index (κ1) is 13.0. The average molecular weight is 246 g/mol. The number of nitrogens with zero attached hydrogens (tertiary/aromatic N) is 1. The maximum absolute atomic E-state index is 11.2. The molecule has 0 fully saturated rings. The lowest BCUT2D eigenvalue weighted by Gasteiger charge is -2.17. The van der Waals surface area contributed by atoms with Gasteiger partial charge >= 0.3 is 0 Å². The molecule has 5 nitrogen and oxygen atoms in total. The molecule has 0 aliphatic heterocycles. The van der Waals surface area contributed by atoms with Gasteiger partial charge in [-0.05, 0) is 6.42 Å². The zero-order valence-electron chi connectivity index (χ0n) is 9.42. The molecular weight excluding hydrogens is 230 g/mol. The molecule has 0 aliphatic rings. The SMILES string of the molecule is CCCC(COC)Nc1nc[nH]c(=O)c1Cl. The van der Waals surface area contributed by atoms with Crippen LogP contribution in [0.4, 0.5) is 5.82 Å². The molecule has 0 spiro atoms. The Labute approximate surface area is 99.2 Å². The molecule has 1 aromatic rings. The molecule has 0 saturated heterocycles. The van der Waals surface area contributed by atoms with Crippen molar-refractivity contribution in [2.75, 3.05) is 19.0 Å². The van der Waals surface area contributed by atoms with Crippen LogP contribution in [0.3, 0.4) is 0 Å². The van der Waals surface area contributed by atoms with Crippen LogP contribution in [0.2, 0.25) is 5.02 Å². The van der Waals surface area contributed by atoms with Gasteiger partial charge in [-0.3, -0.25) is 4.79 Å². The van der Waals surface area contributed by atoms with Crippen molar-refractivity contribution < 1.29 is 4.74 Å². The monoisotopic (exact) mass is 245 g/mol. The van der Waals surface area contributed by atoms with Crippen LogP contribution >= 0.6 is 11.6 Å². The number of anilines is 1. The van der Waals surface area contributed by atoms with Gasteiger partial charge in [0.25, 0.3) is 5.56 Å². The molecule has 1 aromatic heterocycles. The van der Waals surface area contributed by atoms with E-state index in [1.807, 2.05) is 0 Å². The van der Waals surface area contributed by atoms with Gasteiger partial charge in [0.15, 0.2) is 5.82 Å². The van der Waals surface area contributed by atoms with E-state index in [2.05, 4.69) is 22.2 Å². The van der Waals surface area contributed by atoms with Crippen molar-refractivity contribution in [3.8, 4) is 0 Å². The maximum atomic E-state index is 11.2. The number of halogens is 1. The van der Waals surface area contributed by atoms with Gasteiger partial charge in [0.05, 0.1) is 19.0 Å². The second-order valence-corrected chi connectivity index (χ2v) is 3.86.